The summed E-state index contributed by atoms with van der Waals surface area (Å²) in [6.45, 7) is 7.83. The molecule has 11 heteroatoms. The second-order valence-electron chi connectivity index (χ2n) is 8.15. The molecule has 1 fully saturated rings. The number of rotatable bonds is 5. The topological polar surface area (TPSA) is 131 Å². The third-order valence-electron chi connectivity index (χ3n) is 5.31. The Balaban J connectivity index is 2.17. The highest BCUT2D eigenvalue weighted by molar-refractivity contribution is 7.91. The molecule has 2 aliphatic rings. The third kappa shape index (κ3) is 4.03. The van der Waals surface area contributed by atoms with Crippen LogP contribution in [0.25, 0.3) is 0 Å². The zero-order chi connectivity index (χ0) is 21.6. The van der Waals surface area contributed by atoms with E-state index in [9.17, 15) is 18.3 Å². The number of amides is 1. The number of anilines is 1. The fourth-order valence-electron chi connectivity index (χ4n) is 3.34. The van der Waals surface area contributed by atoms with Crippen molar-refractivity contribution in [1.82, 2.24) is 15.3 Å². The molecule has 0 saturated carbocycles. The Bertz CT molecular complexity index is 902. The summed E-state index contributed by atoms with van der Waals surface area (Å²) < 4.78 is 35.1. The minimum atomic E-state index is -3.59. The first kappa shape index (κ1) is 21.7. The van der Waals surface area contributed by atoms with Gasteiger partial charge in [-0.2, -0.15) is 0 Å². The average Bonchev–Trinajstić information content (AvgIpc) is 2.63. The molecule has 3 heterocycles. The molecule has 0 bridgehead atoms. The van der Waals surface area contributed by atoms with Crippen molar-refractivity contribution in [3.8, 4) is 5.75 Å². The second-order valence-corrected chi connectivity index (χ2v) is 10.7. The number of fused-ring (bicyclic) bond motifs is 3. The second kappa shape index (κ2) is 7.69. The van der Waals surface area contributed by atoms with Gasteiger partial charge in [-0.15, -0.1) is 0 Å². The van der Waals surface area contributed by atoms with Gasteiger partial charge in [-0.1, -0.05) is 0 Å². The number of sulfone groups is 1. The van der Waals surface area contributed by atoms with Gasteiger partial charge in [0.2, 0.25) is 5.82 Å². The average molecular weight is 429 g/mol. The minimum absolute atomic E-state index is 0.0250. The van der Waals surface area contributed by atoms with Gasteiger partial charge in [0, 0.05) is 12.8 Å². The SMILES string of the molecule is C[C@H](O)CNC(=O)c1nc2c(c(C(C)(C)S(C)(=O)=O)n1)OC[C@@H]1COC[C@@H](C)N21. The van der Waals surface area contributed by atoms with Crippen molar-refractivity contribution < 1.29 is 27.8 Å². The first-order valence-electron chi connectivity index (χ1n) is 9.50. The molecule has 162 valence electrons. The summed E-state index contributed by atoms with van der Waals surface area (Å²) in [5.74, 6) is -0.0974. The van der Waals surface area contributed by atoms with Crippen LogP contribution in [0.3, 0.4) is 0 Å². The molecule has 29 heavy (non-hydrogen) atoms. The van der Waals surface area contributed by atoms with E-state index in [1.165, 1.54) is 13.8 Å². The molecule has 1 saturated heterocycles. The molecule has 0 aromatic carbocycles. The molecule has 1 aromatic rings. The molecule has 10 nitrogen and oxygen atoms in total. The first-order valence-corrected chi connectivity index (χ1v) is 11.4. The fraction of sp³-hybridized carbons (Fsp3) is 0.722. The van der Waals surface area contributed by atoms with E-state index < -0.39 is 26.6 Å². The number of morpholine rings is 1. The van der Waals surface area contributed by atoms with E-state index in [0.717, 1.165) is 6.26 Å². The van der Waals surface area contributed by atoms with Crippen LogP contribution in [0.4, 0.5) is 5.82 Å². The molecule has 0 unspecified atom stereocenters. The van der Waals surface area contributed by atoms with Crippen molar-refractivity contribution in [2.75, 3.05) is 37.5 Å². The molecule has 3 atom stereocenters. The van der Waals surface area contributed by atoms with Crippen LogP contribution in [-0.2, 0) is 19.3 Å². The maximum Gasteiger partial charge on any atom is 0.289 e. The quantitative estimate of drug-likeness (QED) is 0.657. The fourth-order valence-corrected chi connectivity index (χ4v) is 3.83. The normalized spacial score (nSPS) is 22.9. The molecular weight excluding hydrogens is 400 g/mol. The van der Waals surface area contributed by atoms with Gasteiger partial charge >= 0.3 is 0 Å². The zero-order valence-electron chi connectivity index (χ0n) is 17.3. The number of nitrogens with one attached hydrogen (secondary N) is 1. The van der Waals surface area contributed by atoms with Gasteiger partial charge in [-0.25, -0.2) is 18.4 Å². The summed E-state index contributed by atoms with van der Waals surface area (Å²) in [5, 5.41) is 12.0. The molecule has 2 N–H and O–H groups in total. The number of nitrogens with zero attached hydrogens (tertiary/aromatic N) is 3. The molecular formula is C18H28N4O6S. The summed E-state index contributed by atoms with van der Waals surface area (Å²) in [5.41, 5.74) is 0.143. The predicted octanol–water partition coefficient (Wildman–Crippen LogP) is -0.147. The van der Waals surface area contributed by atoms with E-state index >= 15 is 0 Å². The van der Waals surface area contributed by atoms with Crippen LogP contribution in [-0.4, -0.2) is 80.2 Å². The van der Waals surface area contributed by atoms with Crippen LogP contribution in [0.2, 0.25) is 0 Å². The highest BCUT2D eigenvalue weighted by Crippen LogP contribution is 2.43. The highest BCUT2D eigenvalue weighted by Gasteiger charge is 2.44. The van der Waals surface area contributed by atoms with E-state index in [-0.39, 0.29) is 35.9 Å². The highest BCUT2D eigenvalue weighted by atomic mass is 32.2. The van der Waals surface area contributed by atoms with Crippen molar-refractivity contribution >= 4 is 21.6 Å². The molecule has 3 rings (SSSR count). The van der Waals surface area contributed by atoms with Gasteiger partial charge in [0.25, 0.3) is 5.91 Å². The van der Waals surface area contributed by atoms with Gasteiger partial charge in [0.05, 0.1) is 31.4 Å². The number of aliphatic hydroxyl groups is 1. The Morgan fingerprint density at radius 3 is 2.66 bits per heavy atom. The van der Waals surface area contributed by atoms with E-state index in [1.54, 1.807) is 6.92 Å². The first-order chi connectivity index (χ1) is 13.4. The number of aliphatic hydroxyl groups excluding tert-OH is 1. The van der Waals surface area contributed by atoms with Gasteiger partial charge in [0.15, 0.2) is 21.4 Å². The largest absolute Gasteiger partial charge is 0.486 e. The number of carbonyl (C=O) groups excluding carboxylic acids is 1. The lowest BCUT2D eigenvalue weighted by atomic mass is 10.0. The molecule has 0 radical (unpaired) electrons. The lowest BCUT2D eigenvalue weighted by Crippen LogP contribution is -2.56. The number of ether oxygens (including phenoxy) is 2. The van der Waals surface area contributed by atoms with E-state index in [1.807, 2.05) is 11.8 Å². The minimum Gasteiger partial charge on any atom is -0.486 e. The van der Waals surface area contributed by atoms with Crippen LogP contribution in [0.5, 0.6) is 5.75 Å². The van der Waals surface area contributed by atoms with E-state index in [2.05, 4.69) is 15.3 Å². The summed E-state index contributed by atoms with van der Waals surface area (Å²) in [4.78, 5) is 23.4. The van der Waals surface area contributed by atoms with Gasteiger partial charge in [-0.3, -0.25) is 4.79 Å². The van der Waals surface area contributed by atoms with Crippen molar-refractivity contribution in [3.05, 3.63) is 11.5 Å². The Morgan fingerprint density at radius 2 is 2.03 bits per heavy atom. The number of hydrogen-bond acceptors (Lipinski definition) is 9. The van der Waals surface area contributed by atoms with E-state index in [0.29, 0.717) is 25.6 Å². The maximum absolute atomic E-state index is 12.6. The monoisotopic (exact) mass is 428 g/mol. The van der Waals surface area contributed by atoms with Crippen molar-refractivity contribution in [3.63, 3.8) is 0 Å². The van der Waals surface area contributed by atoms with Gasteiger partial charge in [0.1, 0.15) is 17.0 Å². The Hall–Kier alpha value is -1.98. The van der Waals surface area contributed by atoms with Crippen molar-refractivity contribution in [1.29, 1.82) is 0 Å². The third-order valence-corrected chi connectivity index (χ3v) is 7.36. The van der Waals surface area contributed by atoms with Crippen LogP contribution < -0.4 is 15.0 Å². The predicted molar refractivity (Wildman–Crippen MR) is 106 cm³/mol. The Labute approximate surface area is 170 Å². The number of aromatic nitrogens is 2. The molecule has 0 aliphatic carbocycles. The Kier molecular flexibility index (Phi) is 5.76. The van der Waals surface area contributed by atoms with Crippen molar-refractivity contribution in [2.45, 2.75) is 50.6 Å². The summed E-state index contributed by atoms with van der Waals surface area (Å²) in [6, 6.07) is -0.127. The summed E-state index contributed by atoms with van der Waals surface area (Å²) in [7, 11) is -3.59. The standard InChI is InChI=1S/C18H28N4O6S/c1-10-7-27-8-12-9-28-13-14(18(3,4)29(5,25)26)20-15(21-16(13)22(10)12)17(24)19-6-11(2)23/h10-12,23H,6-9H2,1-5H3,(H,19,24)/t10-,11+,12+/m1/s1. The van der Waals surface area contributed by atoms with Crippen LogP contribution in [0, 0.1) is 0 Å². The van der Waals surface area contributed by atoms with Crippen LogP contribution in [0.15, 0.2) is 0 Å². The smallest absolute Gasteiger partial charge is 0.289 e. The van der Waals surface area contributed by atoms with Gasteiger partial charge in [-0.05, 0) is 27.7 Å². The molecule has 0 spiro atoms. The molecule has 1 aromatic heterocycles. The van der Waals surface area contributed by atoms with Crippen molar-refractivity contribution in [2.24, 2.45) is 0 Å². The Morgan fingerprint density at radius 1 is 1.34 bits per heavy atom. The number of hydrogen-bond donors (Lipinski definition) is 2. The maximum atomic E-state index is 12.6. The van der Waals surface area contributed by atoms with Crippen LogP contribution in [0.1, 0.15) is 44.0 Å². The number of carbonyl (C=O) groups is 1. The molecule has 1 amide bonds. The summed E-state index contributed by atoms with van der Waals surface area (Å²) >= 11 is 0. The van der Waals surface area contributed by atoms with E-state index in [4.69, 9.17) is 9.47 Å². The lowest BCUT2D eigenvalue weighted by molar-refractivity contribution is 0.0481. The zero-order valence-corrected chi connectivity index (χ0v) is 18.1. The molecule has 2 aliphatic heterocycles. The van der Waals surface area contributed by atoms with Crippen LogP contribution >= 0.6 is 0 Å². The van der Waals surface area contributed by atoms with Gasteiger partial charge < -0.3 is 24.8 Å². The summed E-state index contributed by atoms with van der Waals surface area (Å²) in [6.07, 6.45) is 0.382. The lowest BCUT2D eigenvalue weighted by Gasteiger charge is -2.45.